The van der Waals surface area contributed by atoms with Gasteiger partial charge in [-0.25, -0.2) is 0 Å². The van der Waals surface area contributed by atoms with Gasteiger partial charge in [0.1, 0.15) is 0 Å². The number of pyridine rings is 1. The molecule has 1 aromatic heterocycles. The zero-order valence-corrected chi connectivity index (χ0v) is 10.9. The number of amides is 1. The van der Waals surface area contributed by atoms with E-state index in [9.17, 15) is 4.79 Å². The maximum Gasteiger partial charge on any atom is 0.254 e. The molecule has 0 atom stereocenters. The highest BCUT2D eigenvalue weighted by atomic mass is 16.2. The lowest BCUT2D eigenvalue weighted by Crippen LogP contribution is -2.42. The molecule has 0 spiro atoms. The minimum absolute atomic E-state index is 0.211. The second-order valence-corrected chi connectivity index (χ2v) is 5.43. The number of nitrogens with zero attached hydrogens (tertiary/aromatic N) is 2. The molecule has 0 saturated carbocycles. The van der Waals surface area contributed by atoms with Gasteiger partial charge in [-0.05, 0) is 37.3 Å². The van der Waals surface area contributed by atoms with Gasteiger partial charge in [0, 0.05) is 24.2 Å². The van der Waals surface area contributed by atoms with Crippen LogP contribution in [-0.2, 0) is 12.8 Å². The number of hydrogen-bond acceptors (Lipinski definition) is 2. The molecule has 2 aromatic rings. The maximum absolute atomic E-state index is 12.7. The molecule has 1 fully saturated rings. The first-order valence-electron chi connectivity index (χ1n) is 7.04. The first-order chi connectivity index (χ1) is 9.34. The van der Waals surface area contributed by atoms with Crippen LogP contribution in [0.5, 0.6) is 0 Å². The molecular formula is C16H16N2O. The molecule has 3 heteroatoms. The van der Waals surface area contributed by atoms with Crippen LogP contribution in [0.15, 0.2) is 24.3 Å². The fourth-order valence-corrected chi connectivity index (χ4v) is 3.13. The quantitative estimate of drug-likeness (QED) is 0.781. The topological polar surface area (TPSA) is 33.2 Å². The number of aromatic nitrogens is 1. The number of benzene rings is 1. The lowest BCUT2D eigenvalue weighted by molar-refractivity contribution is 0.0653. The third-order valence-corrected chi connectivity index (χ3v) is 4.28. The summed E-state index contributed by atoms with van der Waals surface area (Å²) < 4.78 is 0. The summed E-state index contributed by atoms with van der Waals surface area (Å²) in [6.45, 7) is 1.81. The Labute approximate surface area is 112 Å². The summed E-state index contributed by atoms with van der Waals surface area (Å²) >= 11 is 0. The molecule has 96 valence electrons. The van der Waals surface area contributed by atoms with Crippen LogP contribution in [0.4, 0.5) is 0 Å². The Morgan fingerprint density at radius 1 is 1.11 bits per heavy atom. The van der Waals surface area contributed by atoms with Gasteiger partial charge in [0.2, 0.25) is 0 Å². The van der Waals surface area contributed by atoms with E-state index < -0.39 is 0 Å². The van der Waals surface area contributed by atoms with Gasteiger partial charge in [-0.3, -0.25) is 9.78 Å². The van der Waals surface area contributed by atoms with E-state index in [0.29, 0.717) is 0 Å². The molecule has 0 N–H and O–H groups in total. The minimum Gasteiger partial charge on any atom is -0.338 e. The highest BCUT2D eigenvalue weighted by Gasteiger charge is 2.28. The standard InChI is InChI=1S/C16H16N2O/c19-16(18-9-4-10-18)15-11-5-1-2-7-13(11)17-14-8-3-6-12(14)15/h1-2,5,7H,3-4,6,8-10H2. The van der Waals surface area contributed by atoms with Crippen LogP contribution >= 0.6 is 0 Å². The Morgan fingerprint density at radius 3 is 2.74 bits per heavy atom. The summed E-state index contributed by atoms with van der Waals surface area (Å²) in [6, 6.07) is 8.04. The number of rotatable bonds is 1. The number of carbonyl (C=O) groups excluding carboxylic acids is 1. The Kier molecular flexibility index (Phi) is 2.34. The molecule has 1 amide bonds. The molecule has 3 nitrogen and oxygen atoms in total. The summed E-state index contributed by atoms with van der Waals surface area (Å²) in [5.41, 5.74) is 4.24. The second kappa shape index (κ2) is 4.05. The molecule has 1 aliphatic carbocycles. The van der Waals surface area contributed by atoms with Crippen LogP contribution < -0.4 is 0 Å². The van der Waals surface area contributed by atoms with Crippen molar-refractivity contribution in [2.75, 3.05) is 13.1 Å². The number of likely N-dealkylation sites (tertiary alicyclic amines) is 1. The van der Waals surface area contributed by atoms with Gasteiger partial charge < -0.3 is 4.90 Å². The van der Waals surface area contributed by atoms with Crippen molar-refractivity contribution in [3.63, 3.8) is 0 Å². The lowest BCUT2D eigenvalue weighted by atomic mass is 9.99. The number of carbonyl (C=O) groups is 1. The Morgan fingerprint density at radius 2 is 1.95 bits per heavy atom. The van der Waals surface area contributed by atoms with Crippen LogP contribution in [0.3, 0.4) is 0 Å². The first kappa shape index (κ1) is 11.0. The average molecular weight is 252 g/mol. The zero-order valence-electron chi connectivity index (χ0n) is 10.9. The molecule has 1 saturated heterocycles. The fraction of sp³-hybridized carbons (Fsp3) is 0.375. The lowest BCUT2D eigenvalue weighted by Gasteiger charge is -2.32. The highest BCUT2D eigenvalue weighted by Crippen LogP contribution is 2.31. The van der Waals surface area contributed by atoms with Gasteiger partial charge in [0.25, 0.3) is 5.91 Å². The monoisotopic (exact) mass is 252 g/mol. The Bertz CT molecular complexity index is 674. The molecule has 19 heavy (non-hydrogen) atoms. The molecular weight excluding hydrogens is 236 g/mol. The molecule has 1 aliphatic heterocycles. The van der Waals surface area contributed by atoms with E-state index in [1.807, 2.05) is 29.2 Å². The van der Waals surface area contributed by atoms with E-state index in [-0.39, 0.29) is 5.91 Å². The van der Waals surface area contributed by atoms with Gasteiger partial charge in [-0.1, -0.05) is 18.2 Å². The molecule has 2 aliphatic rings. The number of aryl methyl sites for hydroxylation is 1. The second-order valence-electron chi connectivity index (χ2n) is 5.43. The largest absolute Gasteiger partial charge is 0.338 e. The van der Waals surface area contributed by atoms with Gasteiger partial charge in [0.15, 0.2) is 0 Å². The van der Waals surface area contributed by atoms with Crippen LogP contribution in [-0.4, -0.2) is 28.9 Å². The van der Waals surface area contributed by atoms with Gasteiger partial charge in [-0.15, -0.1) is 0 Å². The zero-order chi connectivity index (χ0) is 12.8. The van der Waals surface area contributed by atoms with Gasteiger partial charge in [0.05, 0.1) is 11.1 Å². The van der Waals surface area contributed by atoms with Crippen molar-refractivity contribution in [2.45, 2.75) is 25.7 Å². The molecule has 0 bridgehead atoms. The average Bonchev–Trinajstić information content (AvgIpc) is 2.80. The van der Waals surface area contributed by atoms with Gasteiger partial charge >= 0.3 is 0 Å². The molecule has 2 heterocycles. The van der Waals surface area contributed by atoms with Crippen LogP contribution in [0.1, 0.15) is 34.5 Å². The maximum atomic E-state index is 12.7. The summed E-state index contributed by atoms with van der Waals surface area (Å²) in [5, 5.41) is 1.03. The van der Waals surface area contributed by atoms with Crippen molar-refractivity contribution >= 4 is 16.8 Å². The SMILES string of the molecule is O=C(c1c2c(nc3ccccc13)CCC2)N1CCC1. The van der Waals surface area contributed by atoms with Crippen molar-refractivity contribution in [1.82, 2.24) is 9.88 Å². The highest BCUT2D eigenvalue weighted by molar-refractivity contribution is 6.08. The summed E-state index contributed by atoms with van der Waals surface area (Å²) in [7, 11) is 0. The summed E-state index contributed by atoms with van der Waals surface area (Å²) in [5.74, 6) is 0.211. The molecule has 4 rings (SSSR count). The van der Waals surface area contributed by atoms with E-state index in [4.69, 9.17) is 4.98 Å². The van der Waals surface area contributed by atoms with Crippen molar-refractivity contribution in [3.05, 3.63) is 41.1 Å². The summed E-state index contributed by atoms with van der Waals surface area (Å²) in [6.07, 6.45) is 4.28. The van der Waals surface area contributed by atoms with Gasteiger partial charge in [-0.2, -0.15) is 0 Å². The third kappa shape index (κ3) is 1.57. The molecule has 0 radical (unpaired) electrons. The first-order valence-corrected chi connectivity index (χ1v) is 7.04. The molecule has 0 unspecified atom stereocenters. The van der Waals surface area contributed by atoms with Crippen LogP contribution in [0.25, 0.3) is 10.9 Å². The Hall–Kier alpha value is -1.90. The number of hydrogen-bond donors (Lipinski definition) is 0. The van der Waals surface area contributed by atoms with E-state index >= 15 is 0 Å². The smallest absolute Gasteiger partial charge is 0.254 e. The summed E-state index contributed by atoms with van der Waals surface area (Å²) in [4.78, 5) is 19.4. The number of fused-ring (bicyclic) bond motifs is 2. The van der Waals surface area contributed by atoms with Crippen molar-refractivity contribution in [3.8, 4) is 0 Å². The van der Waals surface area contributed by atoms with Crippen LogP contribution in [0, 0.1) is 0 Å². The van der Waals surface area contributed by atoms with E-state index in [1.165, 1.54) is 5.56 Å². The van der Waals surface area contributed by atoms with E-state index in [0.717, 1.165) is 60.9 Å². The predicted octanol–water partition coefficient (Wildman–Crippen LogP) is 2.57. The number of para-hydroxylation sites is 1. The van der Waals surface area contributed by atoms with Crippen molar-refractivity contribution in [2.24, 2.45) is 0 Å². The van der Waals surface area contributed by atoms with Crippen molar-refractivity contribution in [1.29, 1.82) is 0 Å². The minimum atomic E-state index is 0.211. The third-order valence-electron chi connectivity index (χ3n) is 4.28. The normalized spacial score (nSPS) is 17.4. The van der Waals surface area contributed by atoms with E-state index in [2.05, 4.69) is 0 Å². The van der Waals surface area contributed by atoms with Crippen LogP contribution in [0.2, 0.25) is 0 Å². The Balaban J connectivity index is 1.98. The predicted molar refractivity (Wildman–Crippen MR) is 74.3 cm³/mol. The fourth-order valence-electron chi connectivity index (χ4n) is 3.13. The van der Waals surface area contributed by atoms with Crippen molar-refractivity contribution < 1.29 is 4.79 Å². The molecule has 1 aromatic carbocycles. The van der Waals surface area contributed by atoms with E-state index in [1.54, 1.807) is 0 Å².